The van der Waals surface area contributed by atoms with E-state index in [9.17, 15) is 14.4 Å². The molecule has 27 heavy (non-hydrogen) atoms. The van der Waals surface area contributed by atoms with E-state index in [4.69, 9.17) is 0 Å². The summed E-state index contributed by atoms with van der Waals surface area (Å²) in [6.07, 6.45) is 2.41. The normalized spacial score (nSPS) is 19.3. The van der Waals surface area contributed by atoms with Crippen molar-refractivity contribution >= 4 is 17.7 Å². The molecule has 1 atom stereocenters. The van der Waals surface area contributed by atoms with Gasteiger partial charge in [-0.05, 0) is 24.0 Å². The smallest absolute Gasteiger partial charge is 0.319 e. The van der Waals surface area contributed by atoms with Crippen LogP contribution in [-0.2, 0) is 16.8 Å². The summed E-state index contributed by atoms with van der Waals surface area (Å²) in [5.74, 6) is -0.626. The number of carbonyl (C=O) groups excluding carboxylic acids is 3. The molecule has 1 aliphatic rings. The lowest BCUT2D eigenvalue weighted by molar-refractivity contribution is -0.131. The number of Topliss-reactive ketones (excluding diaryl/α,β-unsaturated/α-hetero) is 1. The van der Waals surface area contributed by atoms with Crippen LogP contribution >= 0.6 is 0 Å². The van der Waals surface area contributed by atoms with E-state index in [0.717, 1.165) is 28.9 Å². The molecule has 1 N–H and O–H groups in total. The molecule has 0 aliphatic carbocycles. The van der Waals surface area contributed by atoms with E-state index in [1.165, 1.54) is 0 Å². The average Bonchev–Trinajstić information content (AvgIpc) is 2.94. The zero-order chi connectivity index (χ0) is 19.4. The Balaban J connectivity index is 1.80. The molecule has 0 bridgehead atoms. The van der Waals surface area contributed by atoms with Gasteiger partial charge in [-0.1, -0.05) is 74.9 Å². The SMILES string of the molecule is CCCc1ccc(C(=O)CN2C(=O)N[C@](CC)(c3ccccc3)C2=O)cc1. The molecule has 3 rings (SSSR count). The van der Waals surface area contributed by atoms with Gasteiger partial charge in [-0.25, -0.2) is 4.79 Å². The molecule has 1 saturated heterocycles. The van der Waals surface area contributed by atoms with E-state index in [-0.39, 0.29) is 18.2 Å². The lowest BCUT2D eigenvalue weighted by Gasteiger charge is -2.25. The third-order valence-corrected chi connectivity index (χ3v) is 5.09. The van der Waals surface area contributed by atoms with Crippen molar-refractivity contribution in [3.63, 3.8) is 0 Å². The lowest BCUT2D eigenvalue weighted by Crippen LogP contribution is -2.43. The summed E-state index contributed by atoms with van der Waals surface area (Å²) in [5.41, 5.74) is 1.29. The van der Waals surface area contributed by atoms with Crippen LogP contribution in [0.1, 0.15) is 48.2 Å². The van der Waals surface area contributed by atoms with Gasteiger partial charge >= 0.3 is 6.03 Å². The van der Waals surface area contributed by atoms with E-state index >= 15 is 0 Å². The van der Waals surface area contributed by atoms with Crippen LogP contribution in [0.5, 0.6) is 0 Å². The number of benzene rings is 2. The second kappa shape index (κ2) is 7.74. The van der Waals surface area contributed by atoms with Crippen molar-refractivity contribution in [3.8, 4) is 0 Å². The van der Waals surface area contributed by atoms with Crippen molar-refractivity contribution in [1.29, 1.82) is 0 Å². The van der Waals surface area contributed by atoms with Gasteiger partial charge in [0.05, 0.1) is 6.54 Å². The first-order chi connectivity index (χ1) is 13.0. The standard InChI is InChI=1S/C22H24N2O3/c1-3-8-16-11-13-17(14-12-16)19(25)15-24-20(26)22(4-2,23-21(24)27)18-9-6-5-7-10-18/h5-7,9-14H,3-4,8,15H2,1-2H3,(H,23,27)/t22-/m1/s1. The van der Waals surface area contributed by atoms with Crippen LogP contribution < -0.4 is 5.32 Å². The Kier molecular flexibility index (Phi) is 5.40. The molecule has 1 aliphatic heterocycles. The first kappa shape index (κ1) is 18.8. The van der Waals surface area contributed by atoms with Gasteiger partial charge in [-0.3, -0.25) is 14.5 Å². The van der Waals surface area contributed by atoms with Gasteiger partial charge in [0.25, 0.3) is 5.91 Å². The maximum Gasteiger partial charge on any atom is 0.325 e. The van der Waals surface area contributed by atoms with Crippen molar-refractivity contribution in [2.75, 3.05) is 6.54 Å². The van der Waals surface area contributed by atoms with Gasteiger partial charge in [-0.15, -0.1) is 0 Å². The third-order valence-electron chi connectivity index (χ3n) is 5.09. The molecule has 140 valence electrons. The Morgan fingerprint density at radius 1 is 1.00 bits per heavy atom. The Bertz CT molecular complexity index is 846. The molecule has 5 heteroatoms. The van der Waals surface area contributed by atoms with E-state index in [1.54, 1.807) is 12.1 Å². The Hall–Kier alpha value is -2.95. The number of amides is 3. The number of hydrogen-bond acceptors (Lipinski definition) is 3. The molecule has 1 fully saturated rings. The van der Waals surface area contributed by atoms with Crippen molar-refractivity contribution in [1.82, 2.24) is 10.2 Å². The highest BCUT2D eigenvalue weighted by molar-refractivity contribution is 6.11. The molecule has 0 saturated carbocycles. The van der Waals surface area contributed by atoms with Crippen LogP contribution in [0.4, 0.5) is 4.79 Å². The third kappa shape index (κ3) is 3.50. The van der Waals surface area contributed by atoms with Crippen molar-refractivity contribution in [2.45, 2.75) is 38.6 Å². The number of hydrogen-bond donors (Lipinski definition) is 1. The molecule has 1 heterocycles. The minimum atomic E-state index is -1.11. The van der Waals surface area contributed by atoms with Gasteiger partial charge in [0.2, 0.25) is 0 Å². The van der Waals surface area contributed by atoms with E-state index in [0.29, 0.717) is 12.0 Å². The number of aryl methyl sites for hydroxylation is 1. The zero-order valence-electron chi connectivity index (χ0n) is 15.7. The number of carbonyl (C=O) groups is 3. The second-order valence-corrected chi connectivity index (χ2v) is 6.82. The van der Waals surface area contributed by atoms with Crippen LogP contribution in [-0.4, -0.2) is 29.2 Å². The van der Waals surface area contributed by atoms with Gasteiger partial charge in [-0.2, -0.15) is 0 Å². The predicted molar refractivity (Wildman–Crippen MR) is 103 cm³/mol. The summed E-state index contributed by atoms with van der Waals surface area (Å²) >= 11 is 0. The molecule has 0 unspecified atom stereocenters. The lowest BCUT2D eigenvalue weighted by atomic mass is 9.87. The number of nitrogens with zero attached hydrogens (tertiary/aromatic N) is 1. The fraction of sp³-hybridized carbons (Fsp3) is 0.318. The molecule has 0 aromatic heterocycles. The van der Waals surface area contributed by atoms with Crippen molar-refractivity contribution < 1.29 is 14.4 Å². The maximum atomic E-state index is 13.1. The Labute approximate surface area is 159 Å². The highest BCUT2D eigenvalue weighted by Gasteiger charge is 2.51. The summed E-state index contributed by atoms with van der Waals surface area (Å²) < 4.78 is 0. The second-order valence-electron chi connectivity index (χ2n) is 6.82. The number of nitrogens with one attached hydrogen (secondary N) is 1. The molecule has 3 amide bonds. The summed E-state index contributed by atoms with van der Waals surface area (Å²) in [4.78, 5) is 39.2. The fourth-order valence-corrected chi connectivity index (χ4v) is 3.51. The van der Waals surface area contributed by atoms with Gasteiger partial charge in [0.1, 0.15) is 5.54 Å². The quantitative estimate of drug-likeness (QED) is 0.602. The summed E-state index contributed by atoms with van der Waals surface area (Å²) in [6, 6.07) is 16.0. The van der Waals surface area contributed by atoms with Crippen LogP contribution in [0.3, 0.4) is 0 Å². The fourth-order valence-electron chi connectivity index (χ4n) is 3.51. The highest BCUT2D eigenvalue weighted by Crippen LogP contribution is 2.32. The van der Waals surface area contributed by atoms with Crippen LogP contribution in [0.2, 0.25) is 0 Å². The van der Waals surface area contributed by atoms with Gasteiger partial charge < -0.3 is 5.32 Å². The van der Waals surface area contributed by atoms with E-state index < -0.39 is 11.6 Å². The summed E-state index contributed by atoms with van der Waals surface area (Å²) in [7, 11) is 0. The van der Waals surface area contributed by atoms with Crippen molar-refractivity contribution in [3.05, 3.63) is 71.3 Å². The number of rotatable bonds is 7. The minimum absolute atomic E-state index is 0.249. The first-order valence-corrected chi connectivity index (χ1v) is 9.33. The topological polar surface area (TPSA) is 66.5 Å². The summed E-state index contributed by atoms with van der Waals surface area (Å²) in [6.45, 7) is 3.69. The van der Waals surface area contributed by atoms with Gasteiger partial charge in [0.15, 0.2) is 5.78 Å². The highest BCUT2D eigenvalue weighted by atomic mass is 16.2. The first-order valence-electron chi connectivity index (χ1n) is 9.33. The number of urea groups is 1. The molecule has 2 aromatic rings. The maximum absolute atomic E-state index is 13.1. The zero-order valence-corrected chi connectivity index (χ0v) is 15.7. The van der Waals surface area contributed by atoms with E-state index in [1.807, 2.05) is 49.4 Å². The predicted octanol–water partition coefficient (Wildman–Crippen LogP) is 3.68. The Morgan fingerprint density at radius 3 is 2.26 bits per heavy atom. The van der Waals surface area contributed by atoms with Crippen molar-refractivity contribution in [2.24, 2.45) is 0 Å². The molecule has 0 spiro atoms. The largest absolute Gasteiger partial charge is 0.325 e. The van der Waals surface area contributed by atoms with E-state index in [2.05, 4.69) is 12.2 Å². The molecule has 5 nitrogen and oxygen atoms in total. The average molecular weight is 364 g/mol. The number of ketones is 1. The molecular formula is C22H24N2O3. The monoisotopic (exact) mass is 364 g/mol. The Morgan fingerprint density at radius 2 is 1.67 bits per heavy atom. The minimum Gasteiger partial charge on any atom is -0.319 e. The van der Waals surface area contributed by atoms with Crippen LogP contribution in [0.15, 0.2) is 54.6 Å². The van der Waals surface area contributed by atoms with Crippen LogP contribution in [0.25, 0.3) is 0 Å². The summed E-state index contributed by atoms with van der Waals surface area (Å²) in [5, 5.41) is 2.80. The van der Waals surface area contributed by atoms with Crippen LogP contribution in [0, 0.1) is 0 Å². The molecular weight excluding hydrogens is 340 g/mol. The molecule has 2 aromatic carbocycles. The van der Waals surface area contributed by atoms with Gasteiger partial charge in [0, 0.05) is 5.56 Å². The molecule has 0 radical (unpaired) electrons. The number of imide groups is 1.